The summed E-state index contributed by atoms with van der Waals surface area (Å²) < 4.78 is 28.0. The van der Waals surface area contributed by atoms with Gasteiger partial charge in [0.1, 0.15) is 10.6 Å². The quantitative estimate of drug-likeness (QED) is 0.712. The molecule has 8 heteroatoms. The maximum absolute atomic E-state index is 11.5. The molecule has 2 rings (SSSR count). The van der Waals surface area contributed by atoms with Gasteiger partial charge in [-0.3, -0.25) is 4.99 Å². The van der Waals surface area contributed by atoms with Crippen molar-refractivity contribution >= 4 is 16.0 Å². The normalized spacial score (nSPS) is 15.2. The fraction of sp³-hybridized carbons (Fsp3) is 0.417. The smallest absolute Gasteiger partial charge is 0.241 e. The van der Waals surface area contributed by atoms with Crippen LogP contribution in [-0.4, -0.2) is 34.6 Å². The van der Waals surface area contributed by atoms with E-state index >= 15 is 0 Å². The number of primary sulfonamides is 1. The van der Waals surface area contributed by atoms with Crippen LogP contribution in [0.3, 0.4) is 0 Å². The number of ether oxygens (including phenoxy) is 1. The van der Waals surface area contributed by atoms with Gasteiger partial charge in [0.15, 0.2) is 5.96 Å². The van der Waals surface area contributed by atoms with Crippen molar-refractivity contribution in [1.29, 1.82) is 0 Å². The molecule has 0 unspecified atom stereocenters. The predicted octanol–water partition coefficient (Wildman–Crippen LogP) is -0.218. The Morgan fingerprint density at radius 2 is 2.30 bits per heavy atom. The number of benzene rings is 1. The van der Waals surface area contributed by atoms with Crippen LogP contribution in [0.5, 0.6) is 5.75 Å². The third kappa shape index (κ3) is 3.61. The Kier molecular flexibility index (Phi) is 4.46. The molecule has 0 bridgehead atoms. The number of nitrogens with two attached hydrogens (primary N) is 1. The molecule has 0 spiro atoms. The maximum Gasteiger partial charge on any atom is 0.241 e. The summed E-state index contributed by atoms with van der Waals surface area (Å²) in [7, 11) is -2.40. The van der Waals surface area contributed by atoms with Gasteiger partial charge in [-0.25, -0.2) is 13.6 Å². The first-order valence-electron chi connectivity index (χ1n) is 6.22. The maximum atomic E-state index is 11.5. The average molecular weight is 298 g/mol. The van der Waals surface area contributed by atoms with Gasteiger partial charge in [0.25, 0.3) is 0 Å². The van der Waals surface area contributed by atoms with E-state index in [1.165, 1.54) is 13.2 Å². The number of nitrogens with one attached hydrogen (secondary N) is 2. The van der Waals surface area contributed by atoms with E-state index in [0.29, 0.717) is 6.54 Å². The number of nitrogens with zero attached hydrogens (tertiary/aromatic N) is 1. The van der Waals surface area contributed by atoms with Gasteiger partial charge in [0.2, 0.25) is 10.0 Å². The second kappa shape index (κ2) is 6.10. The van der Waals surface area contributed by atoms with Crippen molar-refractivity contribution in [3.05, 3.63) is 23.8 Å². The van der Waals surface area contributed by atoms with Crippen molar-refractivity contribution in [2.24, 2.45) is 10.1 Å². The van der Waals surface area contributed by atoms with Crippen molar-refractivity contribution in [2.75, 3.05) is 20.2 Å². The first-order chi connectivity index (χ1) is 9.50. The molecule has 0 radical (unpaired) electrons. The molecule has 0 fully saturated rings. The third-order valence-electron chi connectivity index (χ3n) is 2.89. The second-order valence-electron chi connectivity index (χ2n) is 4.39. The molecule has 110 valence electrons. The molecule has 0 aromatic heterocycles. The zero-order valence-corrected chi connectivity index (χ0v) is 12.0. The van der Waals surface area contributed by atoms with Crippen LogP contribution < -0.4 is 20.5 Å². The molecule has 1 aromatic rings. The number of hydrogen-bond acceptors (Lipinski definition) is 6. The monoisotopic (exact) mass is 298 g/mol. The molecule has 20 heavy (non-hydrogen) atoms. The van der Waals surface area contributed by atoms with Crippen LogP contribution in [-0.2, 0) is 16.6 Å². The molecule has 1 aromatic carbocycles. The lowest BCUT2D eigenvalue weighted by molar-refractivity contribution is 0.402. The highest BCUT2D eigenvalue weighted by atomic mass is 32.2. The lowest BCUT2D eigenvalue weighted by Crippen LogP contribution is -2.40. The molecule has 1 heterocycles. The average Bonchev–Trinajstić information content (AvgIpc) is 2.45. The molecule has 0 amide bonds. The van der Waals surface area contributed by atoms with Crippen LogP contribution in [0.4, 0.5) is 0 Å². The zero-order chi connectivity index (χ0) is 14.6. The summed E-state index contributed by atoms with van der Waals surface area (Å²) in [6.45, 7) is 2.13. The summed E-state index contributed by atoms with van der Waals surface area (Å²) in [6.07, 6.45) is 1.02. The Labute approximate surface area is 118 Å². The van der Waals surface area contributed by atoms with Crippen molar-refractivity contribution < 1.29 is 13.2 Å². The molecule has 0 saturated heterocycles. The third-order valence-corrected chi connectivity index (χ3v) is 3.82. The van der Waals surface area contributed by atoms with E-state index < -0.39 is 10.0 Å². The standard InChI is InChI=1S/C12H18N4O3S/c1-19-10-4-3-9(7-11(10)20(13,17)18)8-16-12-14-5-2-6-15-12/h3-4,7H,2,5-6,8H2,1H3,(H2,13,17,18)(H2,14,15,16). The molecular weight excluding hydrogens is 280 g/mol. The summed E-state index contributed by atoms with van der Waals surface area (Å²) in [5.41, 5.74) is 0.782. The first-order valence-corrected chi connectivity index (χ1v) is 7.77. The number of hydrogen-bond donors (Lipinski definition) is 3. The Morgan fingerprint density at radius 3 is 2.90 bits per heavy atom. The summed E-state index contributed by atoms with van der Waals surface area (Å²) >= 11 is 0. The van der Waals surface area contributed by atoms with Gasteiger partial charge >= 0.3 is 0 Å². The minimum atomic E-state index is -3.81. The number of sulfonamides is 1. The fourth-order valence-corrected chi connectivity index (χ4v) is 2.64. The van der Waals surface area contributed by atoms with E-state index in [9.17, 15) is 8.42 Å². The van der Waals surface area contributed by atoms with E-state index in [1.807, 2.05) is 0 Å². The van der Waals surface area contributed by atoms with Gasteiger partial charge in [0.05, 0.1) is 7.11 Å². The largest absolute Gasteiger partial charge is 0.495 e. The van der Waals surface area contributed by atoms with Crippen LogP contribution in [0.2, 0.25) is 0 Å². The highest BCUT2D eigenvalue weighted by Gasteiger charge is 2.15. The van der Waals surface area contributed by atoms with E-state index in [0.717, 1.165) is 31.0 Å². The summed E-state index contributed by atoms with van der Waals surface area (Å²) in [6, 6.07) is 4.88. The van der Waals surface area contributed by atoms with Crippen LogP contribution in [0.25, 0.3) is 0 Å². The van der Waals surface area contributed by atoms with Crippen molar-refractivity contribution in [2.45, 2.75) is 17.9 Å². The van der Waals surface area contributed by atoms with Gasteiger partial charge in [-0.15, -0.1) is 0 Å². The van der Waals surface area contributed by atoms with Gasteiger partial charge in [-0.05, 0) is 24.1 Å². The molecule has 0 aliphatic carbocycles. The predicted molar refractivity (Wildman–Crippen MR) is 76.1 cm³/mol. The van der Waals surface area contributed by atoms with Crippen molar-refractivity contribution in [3.63, 3.8) is 0 Å². The number of aliphatic imine (C=N–C) groups is 1. The summed E-state index contributed by atoms with van der Waals surface area (Å²) in [4.78, 5) is 4.26. The van der Waals surface area contributed by atoms with Crippen LogP contribution >= 0.6 is 0 Å². The Hall–Kier alpha value is -1.80. The van der Waals surface area contributed by atoms with Crippen molar-refractivity contribution in [1.82, 2.24) is 10.6 Å². The van der Waals surface area contributed by atoms with Gasteiger partial charge in [-0.1, -0.05) is 6.07 Å². The minimum absolute atomic E-state index is 0.0159. The zero-order valence-electron chi connectivity index (χ0n) is 11.2. The second-order valence-corrected chi connectivity index (χ2v) is 5.92. The van der Waals surface area contributed by atoms with Crippen molar-refractivity contribution in [3.8, 4) is 5.75 Å². The minimum Gasteiger partial charge on any atom is -0.495 e. The lowest BCUT2D eigenvalue weighted by Gasteiger charge is -2.16. The molecule has 1 aliphatic rings. The molecule has 1 aliphatic heterocycles. The lowest BCUT2D eigenvalue weighted by atomic mass is 10.2. The number of methoxy groups -OCH3 is 1. The van der Waals surface area contributed by atoms with Crippen LogP contribution in [0.1, 0.15) is 12.0 Å². The molecule has 0 atom stereocenters. The van der Waals surface area contributed by atoms with E-state index in [2.05, 4.69) is 15.6 Å². The Morgan fingerprint density at radius 1 is 1.50 bits per heavy atom. The van der Waals surface area contributed by atoms with Gasteiger partial charge < -0.3 is 15.4 Å². The van der Waals surface area contributed by atoms with Crippen LogP contribution in [0, 0.1) is 0 Å². The van der Waals surface area contributed by atoms with Crippen LogP contribution in [0.15, 0.2) is 28.1 Å². The Balaban J connectivity index is 2.15. The van der Waals surface area contributed by atoms with E-state index in [-0.39, 0.29) is 10.6 Å². The number of rotatable bonds is 4. The summed E-state index contributed by atoms with van der Waals surface area (Å²) in [5, 5.41) is 11.4. The van der Waals surface area contributed by atoms with E-state index in [1.54, 1.807) is 12.1 Å². The van der Waals surface area contributed by atoms with E-state index in [4.69, 9.17) is 9.88 Å². The topological polar surface area (TPSA) is 106 Å². The highest BCUT2D eigenvalue weighted by Crippen LogP contribution is 2.23. The van der Waals surface area contributed by atoms with Gasteiger partial charge in [-0.2, -0.15) is 0 Å². The highest BCUT2D eigenvalue weighted by molar-refractivity contribution is 7.89. The molecule has 4 N–H and O–H groups in total. The first kappa shape index (κ1) is 14.6. The SMILES string of the molecule is COc1ccc(CNC2=NCCCN2)cc1S(N)(=O)=O. The van der Waals surface area contributed by atoms with Gasteiger partial charge in [0, 0.05) is 19.6 Å². The number of guanidine groups is 1. The summed E-state index contributed by atoms with van der Waals surface area (Å²) in [5.74, 6) is 0.966. The molecular formula is C12H18N4O3S. The Bertz CT molecular complexity index is 613. The fourth-order valence-electron chi connectivity index (χ4n) is 1.89. The molecule has 7 nitrogen and oxygen atoms in total. The molecule has 0 saturated carbocycles.